The highest BCUT2D eigenvalue weighted by molar-refractivity contribution is 9.10. The lowest BCUT2D eigenvalue weighted by atomic mass is 9.95. The van der Waals surface area contributed by atoms with Gasteiger partial charge in [0.05, 0.1) is 21.8 Å². The lowest BCUT2D eigenvalue weighted by molar-refractivity contribution is -0.113. The maximum atomic E-state index is 13.8. The molecule has 0 radical (unpaired) electrons. The molecule has 1 aliphatic rings. The first-order chi connectivity index (χ1) is 19.4. The van der Waals surface area contributed by atoms with Crippen molar-refractivity contribution in [2.24, 2.45) is 4.99 Å². The van der Waals surface area contributed by atoms with Gasteiger partial charge < -0.3 is 9.73 Å². The fourth-order valence-corrected chi connectivity index (χ4v) is 6.07. The van der Waals surface area contributed by atoms with E-state index >= 15 is 0 Å². The molecule has 6 rings (SSSR count). The summed E-state index contributed by atoms with van der Waals surface area (Å²) >= 11 is 4.68. The van der Waals surface area contributed by atoms with Crippen molar-refractivity contribution < 1.29 is 13.6 Å². The third-order valence-electron chi connectivity index (χ3n) is 6.49. The van der Waals surface area contributed by atoms with Gasteiger partial charge >= 0.3 is 0 Å². The molecule has 0 fully saturated rings. The summed E-state index contributed by atoms with van der Waals surface area (Å²) in [6.07, 6.45) is 1.68. The van der Waals surface area contributed by atoms with Crippen molar-refractivity contribution in [1.82, 2.24) is 4.57 Å². The van der Waals surface area contributed by atoms with E-state index in [2.05, 4.69) is 26.2 Å². The summed E-state index contributed by atoms with van der Waals surface area (Å²) in [5.74, 6) is 0.378. The van der Waals surface area contributed by atoms with E-state index in [4.69, 9.17) is 4.42 Å². The van der Waals surface area contributed by atoms with Gasteiger partial charge in [0.15, 0.2) is 4.80 Å². The van der Waals surface area contributed by atoms with Gasteiger partial charge in [-0.05, 0) is 61.0 Å². The number of thiazole rings is 1. The van der Waals surface area contributed by atoms with Crippen molar-refractivity contribution in [2.45, 2.75) is 13.0 Å². The van der Waals surface area contributed by atoms with Crippen molar-refractivity contribution in [2.75, 3.05) is 5.32 Å². The van der Waals surface area contributed by atoms with Crippen LogP contribution in [0.1, 0.15) is 24.3 Å². The van der Waals surface area contributed by atoms with Gasteiger partial charge in [-0.25, -0.2) is 9.38 Å². The Morgan fingerprint density at radius 1 is 1.05 bits per heavy atom. The largest absolute Gasteiger partial charge is 0.457 e. The Labute approximate surface area is 240 Å². The zero-order valence-electron chi connectivity index (χ0n) is 21.1. The SMILES string of the molecule is CC1=C(C(=O)Nc2ccccc2)[C@@H](c2ccc(F)cc2)n2c(s/c(=C\c3ccc(-c4cccc(Br)c4)o3)c2=O)=N1. The molecule has 1 atom stereocenters. The molecule has 2 aromatic heterocycles. The fourth-order valence-electron chi connectivity index (χ4n) is 4.65. The van der Waals surface area contributed by atoms with E-state index in [0.29, 0.717) is 43.4 Å². The van der Waals surface area contributed by atoms with E-state index in [1.54, 1.807) is 43.3 Å². The average Bonchev–Trinajstić information content (AvgIpc) is 3.53. The molecule has 1 amide bonds. The van der Waals surface area contributed by atoms with Crippen LogP contribution in [-0.2, 0) is 4.79 Å². The number of carbonyl (C=O) groups excluding carboxylic acids is 1. The monoisotopic (exact) mass is 613 g/mol. The number of para-hydroxylation sites is 1. The van der Waals surface area contributed by atoms with Crippen molar-refractivity contribution in [3.8, 4) is 11.3 Å². The first-order valence-electron chi connectivity index (χ1n) is 12.4. The quantitative estimate of drug-likeness (QED) is 0.263. The van der Waals surface area contributed by atoms with Gasteiger partial charge in [-0.2, -0.15) is 0 Å². The van der Waals surface area contributed by atoms with Crippen LogP contribution in [0, 0.1) is 5.82 Å². The Kier molecular flexibility index (Phi) is 6.91. The molecule has 40 heavy (non-hydrogen) atoms. The van der Waals surface area contributed by atoms with Crippen LogP contribution in [0.2, 0.25) is 0 Å². The number of rotatable bonds is 5. The summed E-state index contributed by atoms with van der Waals surface area (Å²) in [6.45, 7) is 1.74. The second-order valence-electron chi connectivity index (χ2n) is 9.17. The lowest BCUT2D eigenvalue weighted by Gasteiger charge is -2.25. The van der Waals surface area contributed by atoms with Crippen molar-refractivity contribution >= 4 is 44.9 Å². The molecule has 0 spiro atoms. The van der Waals surface area contributed by atoms with E-state index in [1.165, 1.54) is 28.0 Å². The number of allylic oxidation sites excluding steroid dienone is 1. The fraction of sp³-hybridized carbons (Fsp3) is 0.0645. The number of nitrogens with one attached hydrogen (secondary N) is 1. The number of halogens is 2. The van der Waals surface area contributed by atoms with Crippen LogP contribution in [0.15, 0.2) is 121 Å². The van der Waals surface area contributed by atoms with Crippen LogP contribution < -0.4 is 20.2 Å². The molecular weight excluding hydrogens is 593 g/mol. The molecule has 9 heteroatoms. The third-order valence-corrected chi connectivity index (χ3v) is 7.97. The highest BCUT2D eigenvalue weighted by Gasteiger charge is 2.32. The molecule has 0 aliphatic carbocycles. The van der Waals surface area contributed by atoms with Gasteiger partial charge in [0.1, 0.15) is 17.3 Å². The summed E-state index contributed by atoms with van der Waals surface area (Å²) in [7, 11) is 0. The normalized spacial score (nSPS) is 15.1. The zero-order valence-corrected chi connectivity index (χ0v) is 23.5. The van der Waals surface area contributed by atoms with Gasteiger partial charge in [-0.15, -0.1) is 0 Å². The minimum absolute atomic E-state index is 0.310. The van der Waals surface area contributed by atoms with Gasteiger partial charge in [0.25, 0.3) is 11.5 Å². The first-order valence-corrected chi connectivity index (χ1v) is 14.0. The molecule has 3 heterocycles. The van der Waals surface area contributed by atoms with Crippen LogP contribution in [-0.4, -0.2) is 10.5 Å². The van der Waals surface area contributed by atoms with Crippen molar-refractivity contribution in [3.63, 3.8) is 0 Å². The van der Waals surface area contributed by atoms with E-state index in [1.807, 2.05) is 48.5 Å². The van der Waals surface area contributed by atoms with Gasteiger partial charge in [0, 0.05) is 21.8 Å². The first kappa shape index (κ1) is 25.9. The van der Waals surface area contributed by atoms with E-state index in [-0.39, 0.29) is 11.5 Å². The number of hydrogen-bond acceptors (Lipinski definition) is 5. The van der Waals surface area contributed by atoms with Crippen molar-refractivity contribution in [1.29, 1.82) is 0 Å². The predicted octanol–water partition coefficient (Wildman–Crippen LogP) is 6.04. The molecular formula is C31H21BrFN3O3S. The molecule has 5 aromatic rings. The summed E-state index contributed by atoms with van der Waals surface area (Å²) in [5.41, 5.74) is 2.57. The molecule has 0 saturated carbocycles. The van der Waals surface area contributed by atoms with E-state index < -0.39 is 11.9 Å². The molecule has 198 valence electrons. The minimum Gasteiger partial charge on any atom is -0.457 e. The van der Waals surface area contributed by atoms with E-state index in [9.17, 15) is 14.0 Å². The predicted molar refractivity (Wildman–Crippen MR) is 157 cm³/mol. The van der Waals surface area contributed by atoms with Crippen LogP contribution in [0.5, 0.6) is 0 Å². The lowest BCUT2D eigenvalue weighted by Crippen LogP contribution is -2.40. The maximum absolute atomic E-state index is 13.8. The number of hydrogen-bond donors (Lipinski definition) is 1. The van der Waals surface area contributed by atoms with Crippen molar-refractivity contribution in [3.05, 3.63) is 144 Å². The molecule has 0 bridgehead atoms. The Hall–Kier alpha value is -4.34. The van der Waals surface area contributed by atoms with Crippen LogP contribution in [0.4, 0.5) is 10.1 Å². The highest BCUT2D eigenvalue weighted by atomic mass is 79.9. The number of anilines is 1. The number of amides is 1. The van der Waals surface area contributed by atoms with Gasteiger partial charge in [-0.1, -0.05) is 69.7 Å². The van der Waals surface area contributed by atoms with Crippen LogP contribution >= 0.6 is 27.3 Å². The second-order valence-corrected chi connectivity index (χ2v) is 11.1. The summed E-state index contributed by atoms with van der Waals surface area (Å²) < 4.78 is 22.7. The highest BCUT2D eigenvalue weighted by Crippen LogP contribution is 2.31. The van der Waals surface area contributed by atoms with Gasteiger partial charge in [0.2, 0.25) is 0 Å². The molecule has 1 aliphatic heterocycles. The Morgan fingerprint density at radius 3 is 2.58 bits per heavy atom. The third kappa shape index (κ3) is 5.01. The molecule has 3 aromatic carbocycles. The van der Waals surface area contributed by atoms with Crippen LogP contribution in [0.25, 0.3) is 17.4 Å². The standard InChI is InChI=1S/C31H21BrFN3O3S/c1-18-27(29(37)35-23-8-3-2-4-9-23)28(19-10-12-22(33)13-11-19)36-30(38)26(40-31(36)34-18)17-24-14-15-25(39-24)20-6-5-7-21(32)16-20/h2-17,28H,1H3,(H,35,37)/b26-17-/t28-/m1/s1. The minimum atomic E-state index is -0.795. The molecule has 1 N–H and O–H groups in total. The Morgan fingerprint density at radius 2 is 1.82 bits per heavy atom. The van der Waals surface area contributed by atoms with Gasteiger partial charge in [-0.3, -0.25) is 14.2 Å². The number of benzene rings is 3. The summed E-state index contributed by atoms with van der Waals surface area (Å²) in [5, 5.41) is 2.90. The smallest absolute Gasteiger partial charge is 0.271 e. The zero-order chi connectivity index (χ0) is 27.8. The van der Waals surface area contributed by atoms with E-state index in [0.717, 1.165) is 10.0 Å². The summed E-state index contributed by atoms with van der Waals surface area (Å²) in [6, 6.07) is 25.5. The molecule has 0 saturated heterocycles. The number of carbonyl (C=O) groups is 1. The number of nitrogens with zero attached hydrogens (tertiary/aromatic N) is 2. The number of fused-ring (bicyclic) bond motifs is 1. The maximum Gasteiger partial charge on any atom is 0.271 e. The average molecular weight is 614 g/mol. The molecule has 0 unspecified atom stereocenters. The molecule has 6 nitrogen and oxygen atoms in total. The Bertz CT molecular complexity index is 1960. The van der Waals surface area contributed by atoms with Crippen LogP contribution in [0.3, 0.4) is 0 Å². The summed E-state index contributed by atoms with van der Waals surface area (Å²) in [4.78, 5) is 32.5. The number of aromatic nitrogens is 1. The topological polar surface area (TPSA) is 76.6 Å². The Balaban J connectivity index is 1.45. The second kappa shape index (κ2) is 10.7. The number of furan rings is 1.